The van der Waals surface area contributed by atoms with Gasteiger partial charge in [0.05, 0.1) is 22.0 Å². The first-order valence-corrected chi connectivity index (χ1v) is 7.20. The van der Waals surface area contributed by atoms with Crippen LogP contribution in [0.25, 0.3) is 16.9 Å². The number of nitrogens with zero attached hydrogens (tertiary/aromatic N) is 3. The van der Waals surface area contributed by atoms with Crippen LogP contribution in [0.1, 0.15) is 11.3 Å². The van der Waals surface area contributed by atoms with Crippen molar-refractivity contribution in [3.63, 3.8) is 0 Å². The summed E-state index contributed by atoms with van der Waals surface area (Å²) in [6, 6.07) is 16.2. The number of nitrogens with two attached hydrogens (primary N) is 1. The van der Waals surface area contributed by atoms with Gasteiger partial charge in [0.2, 0.25) is 0 Å². The highest BCUT2D eigenvalue weighted by atomic mass is 16.6. The Morgan fingerprint density at radius 3 is 2.65 bits per heavy atom. The van der Waals surface area contributed by atoms with Gasteiger partial charge < -0.3 is 5.73 Å². The number of rotatable bonds is 4. The molecular formula is C17H16N4O2. The average molecular weight is 308 g/mol. The Labute approximate surface area is 133 Å². The molecule has 0 fully saturated rings. The molecule has 2 N–H and O–H groups in total. The van der Waals surface area contributed by atoms with Crippen LogP contribution in [-0.4, -0.2) is 14.7 Å². The van der Waals surface area contributed by atoms with Gasteiger partial charge in [0.25, 0.3) is 5.69 Å². The van der Waals surface area contributed by atoms with E-state index in [-0.39, 0.29) is 5.69 Å². The number of hydrogen-bond donors (Lipinski definition) is 1. The highest BCUT2D eigenvalue weighted by Crippen LogP contribution is 2.28. The van der Waals surface area contributed by atoms with E-state index < -0.39 is 4.92 Å². The highest BCUT2D eigenvalue weighted by molar-refractivity contribution is 5.66. The van der Waals surface area contributed by atoms with E-state index >= 15 is 0 Å². The van der Waals surface area contributed by atoms with Crippen molar-refractivity contribution < 1.29 is 4.92 Å². The molecule has 0 aliphatic heterocycles. The largest absolute Gasteiger partial charge is 0.325 e. The molecule has 0 unspecified atom stereocenters. The summed E-state index contributed by atoms with van der Waals surface area (Å²) < 4.78 is 1.79. The lowest BCUT2D eigenvalue weighted by Gasteiger charge is -2.10. The molecule has 3 aromatic rings. The van der Waals surface area contributed by atoms with Crippen LogP contribution in [0.15, 0.2) is 54.6 Å². The molecule has 23 heavy (non-hydrogen) atoms. The van der Waals surface area contributed by atoms with Crippen LogP contribution in [0.2, 0.25) is 0 Å². The zero-order valence-electron chi connectivity index (χ0n) is 12.6. The quantitative estimate of drug-likeness (QED) is 0.592. The van der Waals surface area contributed by atoms with Gasteiger partial charge in [-0.05, 0) is 24.6 Å². The summed E-state index contributed by atoms with van der Waals surface area (Å²) >= 11 is 0. The lowest BCUT2D eigenvalue weighted by atomic mass is 10.1. The molecule has 0 spiro atoms. The second kappa shape index (κ2) is 6.02. The lowest BCUT2D eigenvalue weighted by molar-refractivity contribution is -0.384. The topological polar surface area (TPSA) is 87.0 Å². The zero-order chi connectivity index (χ0) is 16.4. The second-order valence-electron chi connectivity index (χ2n) is 5.23. The Hall–Kier alpha value is -2.99. The Morgan fingerprint density at radius 2 is 1.96 bits per heavy atom. The van der Waals surface area contributed by atoms with E-state index in [0.29, 0.717) is 6.54 Å². The summed E-state index contributed by atoms with van der Waals surface area (Å²) in [4.78, 5) is 10.6. The molecule has 0 bridgehead atoms. The summed E-state index contributed by atoms with van der Waals surface area (Å²) in [5, 5.41) is 15.6. The number of para-hydroxylation sites is 1. The molecule has 1 heterocycles. The van der Waals surface area contributed by atoms with Gasteiger partial charge >= 0.3 is 0 Å². The third-order valence-corrected chi connectivity index (χ3v) is 3.67. The smallest absolute Gasteiger partial charge is 0.270 e. The summed E-state index contributed by atoms with van der Waals surface area (Å²) in [7, 11) is 0. The summed E-state index contributed by atoms with van der Waals surface area (Å²) in [6.07, 6.45) is 0. The first-order chi connectivity index (χ1) is 11.1. The van der Waals surface area contributed by atoms with Crippen LogP contribution in [0.3, 0.4) is 0 Å². The van der Waals surface area contributed by atoms with E-state index in [0.717, 1.165) is 28.2 Å². The van der Waals surface area contributed by atoms with Gasteiger partial charge in [0.1, 0.15) is 0 Å². The first kappa shape index (κ1) is 14.9. The van der Waals surface area contributed by atoms with Gasteiger partial charge in [-0.25, -0.2) is 4.68 Å². The van der Waals surface area contributed by atoms with Crippen molar-refractivity contribution in [2.75, 3.05) is 0 Å². The van der Waals surface area contributed by atoms with Crippen LogP contribution < -0.4 is 5.73 Å². The highest BCUT2D eigenvalue weighted by Gasteiger charge is 2.15. The van der Waals surface area contributed by atoms with E-state index in [2.05, 4.69) is 5.10 Å². The number of aryl methyl sites for hydroxylation is 1. The predicted molar refractivity (Wildman–Crippen MR) is 88.3 cm³/mol. The number of non-ortho nitro benzene ring substituents is 1. The maximum atomic E-state index is 11.0. The van der Waals surface area contributed by atoms with Crippen molar-refractivity contribution in [2.24, 2.45) is 5.73 Å². The fraction of sp³-hybridized carbons (Fsp3) is 0.118. The maximum Gasteiger partial charge on any atom is 0.270 e. The normalized spacial score (nSPS) is 10.7. The molecule has 3 rings (SSSR count). The summed E-state index contributed by atoms with van der Waals surface area (Å²) in [6.45, 7) is 2.30. The van der Waals surface area contributed by atoms with Crippen molar-refractivity contribution in [2.45, 2.75) is 13.5 Å². The number of aromatic nitrogens is 2. The summed E-state index contributed by atoms with van der Waals surface area (Å²) in [5.41, 5.74) is 10.00. The van der Waals surface area contributed by atoms with Crippen molar-refractivity contribution in [1.29, 1.82) is 0 Å². The zero-order valence-corrected chi connectivity index (χ0v) is 12.6. The number of nitro groups is 1. The molecule has 6 heteroatoms. The molecule has 0 saturated heterocycles. The molecule has 0 radical (unpaired) electrons. The molecule has 0 aliphatic carbocycles. The molecule has 0 aliphatic rings. The Bertz CT molecular complexity index is 871. The van der Waals surface area contributed by atoms with Crippen molar-refractivity contribution >= 4 is 5.69 Å². The molecule has 6 nitrogen and oxygen atoms in total. The van der Waals surface area contributed by atoms with Gasteiger partial charge in [0.15, 0.2) is 0 Å². The van der Waals surface area contributed by atoms with Crippen LogP contribution in [0.4, 0.5) is 5.69 Å². The van der Waals surface area contributed by atoms with E-state index in [1.807, 2.05) is 43.3 Å². The minimum atomic E-state index is -0.401. The van der Waals surface area contributed by atoms with E-state index in [1.54, 1.807) is 16.8 Å². The number of hydrogen-bond acceptors (Lipinski definition) is 4. The van der Waals surface area contributed by atoms with Crippen molar-refractivity contribution in [3.05, 3.63) is 76.0 Å². The first-order valence-electron chi connectivity index (χ1n) is 7.20. The van der Waals surface area contributed by atoms with Crippen molar-refractivity contribution in [1.82, 2.24) is 9.78 Å². The van der Waals surface area contributed by atoms with E-state index in [9.17, 15) is 10.1 Å². The third kappa shape index (κ3) is 2.84. The molecular weight excluding hydrogens is 292 g/mol. The average Bonchev–Trinajstić information content (AvgIpc) is 2.99. The van der Waals surface area contributed by atoms with Crippen LogP contribution >= 0.6 is 0 Å². The Morgan fingerprint density at radius 1 is 1.17 bits per heavy atom. The van der Waals surface area contributed by atoms with Gasteiger partial charge in [0, 0.05) is 24.2 Å². The van der Waals surface area contributed by atoms with E-state index in [1.165, 1.54) is 6.07 Å². The van der Waals surface area contributed by atoms with Gasteiger partial charge in [-0.3, -0.25) is 10.1 Å². The molecule has 116 valence electrons. The Balaban J connectivity index is 2.20. The predicted octanol–water partition coefficient (Wildman–Crippen LogP) is 3.21. The van der Waals surface area contributed by atoms with Gasteiger partial charge in [-0.15, -0.1) is 0 Å². The van der Waals surface area contributed by atoms with Crippen molar-refractivity contribution in [3.8, 4) is 16.9 Å². The Kier molecular flexibility index (Phi) is 3.91. The second-order valence-corrected chi connectivity index (χ2v) is 5.23. The van der Waals surface area contributed by atoms with Gasteiger partial charge in [-0.1, -0.05) is 30.3 Å². The third-order valence-electron chi connectivity index (χ3n) is 3.67. The molecule has 1 aromatic heterocycles. The standard InChI is InChI=1S/C17H16N4O2/c1-12-5-2-3-8-16(12)20-17(10-14(11-18)19-20)13-6-4-7-15(9-13)21(22)23/h2-10H,11,18H2,1H3. The fourth-order valence-corrected chi connectivity index (χ4v) is 2.50. The van der Waals surface area contributed by atoms with Gasteiger partial charge in [-0.2, -0.15) is 5.10 Å². The lowest BCUT2D eigenvalue weighted by Crippen LogP contribution is -2.03. The summed E-state index contributed by atoms with van der Waals surface area (Å²) in [5.74, 6) is 0. The number of benzene rings is 2. The molecule has 0 saturated carbocycles. The van der Waals surface area contributed by atoms with E-state index in [4.69, 9.17) is 5.73 Å². The maximum absolute atomic E-state index is 11.0. The monoisotopic (exact) mass is 308 g/mol. The number of nitro benzene ring substituents is 1. The minimum absolute atomic E-state index is 0.0503. The minimum Gasteiger partial charge on any atom is -0.325 e. The fourth-order valence-electron chi connectivity index (χ4n) is 2.50. The molecule has 0 atom stereocenters. The van der Waals surface area contributed by atoms with Crippen LogP contribution in [0.5, 0.6) is 0 Å². The molecule has 2 aromatic carbocycles. The van der Waals surface area contributed by atoms with Crippen LogP contribution in [0, 0.1) is 17.0 Å². The SMILES string of the molecule is Cc1ccccc1-n1nc(CN)cc1-c1cccc([N+](=O)[O-])c1. The molecule has 0 amide bonds. The van der Waals surface area contributed by atoms with Crippen LogP contribution in [-0.2, 0) is 6.54 Å².